The van der Waals surface area contributed by atoms with E-state index in [0.717, 1.165) is 5.56 Å². The summed E-state index contributed by atoms with van der Waals surface area (Å²) in [5, 5.41) is 2.88. The number of likely N-dealkylation sites (tertiary alicyclic amines) is 1. The van der Waals surface area contributed by atoms with Gasteiger partial charge in [0.15, 0.2) is 11.5 Å². The zero-order valence-corrected chi connectivity index (χ0v) is 19.7. The number of carbonyl (C=O) groups is 2. The molecular formula is C25H30F2N2O5. The molecule has 0 saturated carbocycles. The Morgan fingerprint density at radius 1 is 1.09 bits per heavy atom. The Labute approximate surface area is 198 Å². The third-order valence-corrected chi connectivity index (χ3v) is 5.47. The first kappa shape index (κ1) is 25.3. The van der Waals surface area contributed by atoms with Crippen LogP contribution in [0, 0.1) is 0 Å². The maximum atomic E-state index is 13.2. The van der Waals surface area contributed by atoms with Gasteiger partial charge >= 0.3 is 6.61 Å². The van der Waals surface area contributed by atoms with E-state index in [2.05, 4.69) is 10.1 Å². The normalized spacial score (nSPS) is 17.7. The molecule has 0 spiro atoms. The summed E-state index contributed by atoms with van der Waals surface area (Å²) >= 11 is 0. The molecular weight excluding hydrogens is 446 g/mol. The molecule has 2 aromatic rings. The Bertz CT molecular complexity index is 1010. The van der Waals surface area contributed by atoms with E-state index in [1.807, 2.05) is 13.0 Å². The van der Waals surface area contributed by atoms with Gasteiger partial charge in [0.1, 0.15) is 11.8 Å². The molecule has 1 fully saturated rings. The van der Waals surface area contributed by atoms with Crippen LogP contribution >= 0.6 is 0 Å². The second kappa shape index (κ2) is 11.2. The summed E-state index contributed by atoms with van der Waals surface area (Å²) in [6.45, 7) is 4.63. The Hall–Kier alpha value is -3.36. The summed E-state index contributed by atoms with van der Waals surface area (Å²) in [7, 11) is 0. The maximum Gasteiger partial charge on any atom is 0.387 e. The van der Waals surface area contributed by atoms with Crippen molar-refractivity contribution in [2.24, 2.45) is 0 Å². The molecule has 3 rings (SSSR count). The van der Waals surface area contributed by atoms with Crippen LogP contribution in [0.2, 0.25) is 0 Å². The molecule has 7 nitrogen and oxygen atoms in total. The van der Waals surface area contributed by atoms with E-state index in [9.17, 15) is 18.4 Å². The summed E-state index contributed by atoms with van der Waals surface area (Å²) < 4.78 is 41.4. The van der Waals surface area contributed by atoms with Gasteiger partial charge in [-0.1, -0.05) is 18.2 Å². The minimum Gasteiger partial charge on any atom is -0.492 e. The van der Waals surface area contributed by atoms with Crippen LogP contribution in [-0.4, -0.2) is 48.6 Å². The van der Waals surface area contributed by atoms with Gasteiger partial charge in [0, 0.05) is 19.4 Å². The van der Waals surface area contributed by atoms with Crippen LogP contribution in [0.1, 0.15) is 45.6 Å². The Morgan fingerprint density at radius 2 is 1.82 bits per heavy atom. The predicted molar refractivity (Wildman–Crippen MR) is 124 cm³/mol. The fourth-order valence-corrected chi connectivity index (χ4v) is 4.06. The largest absolute Gasteiger partial charge is 0.492 e. The molecule has 1 aliphatic rings. The minimum atomic E-state index is -2.98. The highest BCUT2D eigenvalue weighted by atomic mass is 19.3. The molecule has 1 N–H and O–H groups in total. The lowest BCUT2D eigenvalue weighted by Crippen LogP contribution is -2.42. The maximum absolute atomic E-state index is 13.2. The molecule has 1 saturated heterocycles. The van der Waals surface area contributed by atoms with Gasteiger partial charge in [-0.3, -0.25) is 9.59 Å². The number of nitrogens with zero attached hydrogens (tertiary/aromatic N) is 1. The highest BCUT2D eigenvalue weighted by Crippen LogP contribution is 2.38. The number of hydrogen-bond acceptors (Lipinski definition) is 5. The van der Waals surface area contributed by atoms with E-state index in [4.69, 9.17) is 9.47 Å². The fraction of sp³-hybridized carbons (Fsp3) is 0.440. The molecule has 0 aliphatic carbocycles. The summed E-state index contributed by atoms with van der Waals surface area (Å²) in [4.78, 5) is 27.0. The third-order valence-electron chi connectivity index (χ3n) is 5.47. The summed E-state index contributed by atoms with van der Waals surface area (Å²) in [6.07, 6.45) is 0.120. The molecule has 1 heterocycles. The summed E-state index contributed by atoms with van der Waals surface area (Å²) in [5.41, 5.74) is 1.30. The van der Waals surface area contributed by atoms with Crippen LogP contribution in [-0.2, 0) is 9.59 Å². The van der Waals surface area contributed by atoms with Gasteiger partial charge in [-0.15, -0.1) is 0 Å². The highest BCUT2D eigenvalue weighted by Gasteiger charge is 2.39. The molecule has 0 bridgehead atoms. The zero-order valence-electron chi connectivity index (χ0n) is 19.7. The molecule has 184 valence electrons. The Kier molecular flexibility index (Phi) is 8.31. The molecule has 2 atom stereocenters. The molecule has 2 aromatic carbocycles. The van der Waals surface area contributed by atoms with Gasteiger partial charge in [-0.2, -0.15) is 8.78 Å². The number of para-hydroxylation sites is 2. The van der Waals surface area contributed by atoms with Crippen molar-refractivity contribution < 1.29 is 32.6 Å². The van der Waals surface area contributed by atoms with Crippen molar-refractivity contribution in [3.8, 4) is 17.2 Å². The monoisotopic (exact) mass is 476 g/mol. The van der Waals surface area contributed by atoms with Crippen LogP contribution in [0.15, 0.2) is 42.5 Å². The SMILES string of the molecule is CCOc1ccccc1NC(=O)[C@H]1CC(c2ccc(OC(F)F)c(OC(C)C)c2)CN1C(C)=O. The summed E-state index contributed by atoms with van der Waals surface area (Å²) in [6, 6.07) is 11.2. The van der Waals surface area contributed by atoms with Crippen molar-refractivity contribution >= 4 is 17.5 Å². The Morgan fingerprint density at radius 3 is 2.47 bits per heavy atom. The number of amides is 2. The molecule has 0 aromatic heterocycles. The number of anilines is 1. The van der Waals surface area contributed by atoms with E-state index < -0.39 is 12.7 Å². The number of nitrogens with one attached hydrogen (secondary N) is 1. The van der Waals surface area contributed by atoms with Crippen molar-refractivity contribution in [3.63, 3.8) is 0 Å². The summed E-state index contributed by atoms with van der Waals surface area (Å²) in [5.74, 6) is -0.0427. The molecule has 1 aliphatic heterocycles. The Balaban J connectivity index is 1.83. The average Bonchev–Trinajstić information content (AvgIpc) is 3.22. The van der Waals surface area contributed by atoms with E-state index in [1.165, 1.54) is 17.9 Å². The number of carbonyl (C=O) groups excluding carboxylic acids is 2. The van der Waals surface area contributed by atoms with Crippen molar-refractivity contribution in [1.29, 1.82) is 0 Å². The molecule has 34 heavy (non-hydrogen) atoms. The number of rotatable bonds is 9. The van der Waals surface area contributed by atoms with Crippen molar-refractivity contribution in [1.82, 2.24) is 4.90 Å². The number of hydrogen-bond donors (Lipinski definition) is 1. The number of ether oxygens (including phenoxy) is 3. The average molecular weight is 477 g/mol. The lowest BCUT2D eigenvalue weighted by molar-refractivity contribution is -0.134. The van der Waals surface area contributed by atoms with Crippen molar-refractivity contribution in [2.75, 3.05) is 18.5 Å². The first-order chi connectivity index (χ1) is 16.2. The van der Waals surface area contributed by atoms with Gasteiger partial charge in [0.05, 0.1) is 18.4 Å². The van der Waals surface area contributed by atoms with E-state index in [1.54, 1.807) is 44.2 Å². The van der Waals surface area contributed by atoms with Crippen molar-refractivity contribution in [3.05, 3.63) is 48.0 Å². The van der Waals surface area contributed by atoms with Crippen LogP contribution in [0.5, 0.6) is 17.2 Å². The fourth-order valence-electron chi connectivity index (χ4n) is 4.06. The molecule has 0 radical (unpaired) electrons. The van der Waals surface area contributed by atoms with Gasteiger partial charge in [0.2, 0.25) is 11.8 Å². The quantitative estimate of drug-likeness (QED) is 0.562. The smallest absolute Gasteiger partial charge is 0.387 e. The van der Waals surface area contributed by atoms with Crippen LogP contribution < -0.4 is 19.5 Å². The molecule has 2 amide bonds. The lowest BCUT2D eigenvalue weighted by Gasteiger charge is -2.23. The number of alkyl halides is 2. The van der Waals surface area contributed by atoms with Gasteiger partial charge in [0.25, 0.3) is 0 Å². The minimum absolute atomic E-state index is 0.0595. The first-order valence-corrected chi connectivity index (χ1v) is 11.2. The number of halogens is 2. The van der Waals surface area contributed by atoms with E-state index in [0.29, 0.717) is 31.0 Å². The number of benzene rings is 2. The van der Waals surface area contributed by atoms with Crippen LogP contribution in [0.4, 0.5) is 14.5 Å². The zero-order chi connectivity index (χ0) is 24.8. The highest BCUT2D eigenvalue weighted by molar-refractivity contribution is 5.98. The second-order valence-electron chi connectivity index (χ2n) is 8.29. The lowest BCUT2D eigenvalue weighted by atomic mass is 9.95. The molecule has 1 unspecified atom stereocenters. The predicted octanol–water partition coefficient (Wildman–Crippen LogP) is 4.82. The van der Waals surface area contributed by atoms with Gasteiger partial charge < -0.3 is 24.4 Å². The van der Waals surface area contributed by atoms with Gasteiger partial charge in [-0.05, 0) is 57.0 Å². The van der Waals surface area contributed by atoms with Crippen molar-refractivity contribution in [2.45, 2.75) is 58.8 Å². The second-order valence-corrected chi connectivity index (χ2v) is 8.29. The van der Waals surface area contributed by atoms with E-state index >= 15 is 0 Å². The topological polar surface area (TPSA) is 77.1 Å². The third kappa shape index (κ3) is 6.15. The standard InChI is InChI=1S/C25H30F2N2O5/c1-5-32-21-9-7-6-8-19(21)28-24(31)20-12-18(14-29(20)16(4)30)17-10-11-22(34-25(26)27)23(13-17)33-15(2)3/h6-11,13,15,18,20,25H,5,12,14H2,1-4H3,(H,28,31)/t18?,20-/m1/s1. The van der Waals surface area contributed by atoms with E-state index in [-0.39, 0.29) is 35.3 Å². The van der Waals surface area contributed by atoms with Crippen LogP contribution in [0.25, 0.3) is 0 Å². The molecule has 9 heteroatoms. The first-order valence-electron chi connectivity index (χ1n) is 11.2. The van der Waals surface area contributed by atoms with Gasteiger partial charge in [-0.25, -0.2) is 0 Å². The van der Waals surface area contributed by atoms with Crippen LogP contribution in [0.3, 0.4) is 0 Å².